The number of hydrogen-bond acceptors (Lipinski definition) is 6. The van der Waals surface area contributed by atoms with Gasteiger partial charge in [-0.1, -0.05) is 19.8 Å². The third kappa shape index (κ3) is 4.72. The van der Waals surface area contributed by atoms with Crippen LogP contribution in [0.1, 0.15) is 43.0 Å². The number of rotatable bonds is 4. The maximum absolute atomic E-state index is 12.6. The first-order valence-corrected chi connectivity index (χ1v) is 10.9. The highest BCUT2D eigenvalue weighted by Crippen LogP contribution is 2.26. The third-order valence-corrected chi connectivity index (χ3v) is 5.87. The fourth-order valence-corrected chi connectivity index (χ4v) is 4.11. The van der Waals surface area contributed by atoms with Crippen molar-refractivity contribution >= 4 is 28.3 Å². The molecule has 32 heavy (non-hydrogen) atoms. The molecule has 3 aromatic heterocycles. The van der Waals surface area contributed by atoms with Crippen LogP contribution in [0.2, 0.25) is 0 Å². The number of benzene rings is 1. The Morgan fingerprint density at radius 1 is 1.28 bits per heavy atom. The van der Waals surface area contributed by atoms with E-state index in [2.05, 4.69) is 44.9 Å². The number of methoxy groups -OCH3 is 1. The van der Waals surface area contributed by atoms with Crippen molar-refractivity contribution < 1.29 is 9.53 Å². The molecule has 3 N–H and O–H groups in total. The highest BCUT2D eigenvalue weighted by molar-refractivity contribution is 6.08. The van der Waals surface area contributed by atoms with Crippen LogP contribution < -0.4 is 15.4 Å². The molecule has 1 aromatic carbocycles. The van der Waals surface area contributed by atoms with Crippen LogP contribution in [0.4, 0.5) is 5.82 Å². The van der Waals surface area contributed by atoms with Gasteiger partial charge in [0.1, 0.15) is 5.75 Å². The Bertz CT molecular complexity index is 1200. The zero-order chi connectivity index (χ0) is 22.5. The lowest BCUT2D eigenvalue weighted by Crippen LogP contribution is -2.30. The molecule has 0 radical (unpaired) electrons. The van der Waals surface area contributed by atoms with E-state index in [9.17, 15) is 4.79 Å². The third-order valence-electron chi connectivity index (χ3n) is 5.87. The number of imidazole rings is 1. The normalized spacial score (nSPS) is 18.2. The molecule has 5 rings (SSSR count). The van der Waals surface area contributed by atoms with Crippen molar-refractivity contribution in [1.82, 2.24) is 30.1 Å². The van der Waals surface area contributed by atoms with Gasteiger partial charge in [-0.25, -0.2) is 4.98 Å². The molecule has 0 saturated heterocycles. The SMILES string of the molecule is CNC1CCCC(C)C1.COc1cc2[nH]ncc2cc1C(=O)Nc1cnc2cccnn12. The molecule has 0 spiro atoms. The molecule has 0 bridgehead atoms. The predicted molar refractivity (Wildman–Crippen MR) is 124 cm³/mol. The van der Waals surface area contributed by atoms with Crippen LogP contribution in [0.25, 0.3) is 16.6 Å². The van der Waals surface area contributed by atoms with Gasteiger partial charge in [-0.05, 0) is 44.0 Å². The summed E-state index contributed by atoms with van der Waals surface area (Å²) < 4.78 is 6.86. The summed E-state index contributed by atoms with van der Waals surface area (Å²) in [6, 6.07) is 7.87. The summed E-state index contributed by atoms with van der Waals surface area (Å²) in [7, 11) is 3.59. The van der Waals surface area contributed by atoms with Gasteiger partial charge in [0.05, 0.1) is 30.6 Å². The topological polar surface area (TPSA) is 109 Å². The van der Waals surface area contributed by atoms with Crippen LogP contribution in [0.3, 0.4) is 0 Å². The minimum absolute atomic E-state index is 0.308. The Kier molecular flexibility index (Phi) is 6.65. The van der Waals surface area contributed by atoms with Crippen molar-refractivity contribution in [3.8, 4) is 5.75 Å². The summed E-state index contributed by atoms with van der Waals surface area (Å²) in [5, 5.41) is 17.9. The van der Waals surface area contributed by atoms with Gasteiger partial charge in [0.25, 0.3) is 5.91 Å². The average molecular weight is 436 g/mol. The van der Waals surface area contributed by atoms with Crippen LogP contribution in [-0.4, -0.2) is 50.9 Å². The van der Waals surface area contributed by atoms with Crippen molar-refractivity contribution in [1.29, 1.82) is 0 Å². The maximum Gasteiger partial charge on any atom is 0.260 e. The lowest BCUT2D eigenvalue weighted by atomic mass is 9.87. The molecule has 3 heterocycles. The van der Waals surface area contributed by atoms with Gasteiger partial charge in [0.2, 0.25) is 0 Å². The quantitative estimate of drug-likeness (QED) is 0.451. The molecule has 9 heteroatoms. The Labute approximate surface area is 186 Å². The lowest BCUT2D eigenvalue weighted by molar-refractivity contribution is 0.102. The molecule has 1 aliphatic rings. The van der Waals surface area contributed by atoms with Gasteiger partial charge in [-0.15, -0.1) is 0 Å². The van der Waals surface area contributed by atoms with E-state index in [0.717, 1.165) is 22.9 Å². The standard InChI is InChI=1S/C15H12N6O2.C8H17N/c1-23-12-6-11-9(7-17-20-11)5-10(12)15(22)19-14-8-16-13-3-2-4-18-21(13)14;1-7-4-3-5-8(6-7)9-2/h2-8H,1H3,(H,17,20)(H,19,22);7-9H,3-6H2,1-2H3. The fraction of sp³-hybridized carbons (Fsp3) is 0.391. The van der Waals surface area contributed by atoms with Crippen LogP contribution in [0.15, 0.2) is 42.9 Å². The molecule has 1 aliphatic carbocycles. The highest BCUT2D eigenvalue weighted by atomic mass is 16.5. The molecule has 2 atom stereocenters. The van der Waals surface area contributed by atoms with Crippen LogP contribution in [0, 0.1) is 5.92 Å². The van der Waals surface area contributed by atoms with E-state index in [-0.39, 0.29) is 5.91 Å². The zero-order valence-electron chi connectivity index (χ0n) is 18.6. The second kappa shape index (κ2) is 9.78. The van der Waals surface area contributed by atoms with Gasteiger partial charge < -0.3 is 15.4 Å². The van der Waals surface area contributed by atoms with Crippen LogP contribution in [-0.2, 0) is 0 Å². The number of hydrogen-bond donors (Lipinski definition) is 3. The lowest BCUT2D eigenvalue weighted by Gasteiger charge is -2.25. The molecule has 168 valence electrons. The van der Waals surface area contributed by atoms with Gasteiger partial charge >= 0.3 is 0 Å². The van der Waals surface area contributed by atoms with Gasteiger partial charge in [-0.3, -0.25) is 9.89 Å². The van der Waals surface area contributed by atoms with E-state index in [1.54, 1.807) is 47.4 Å². The Morgan fingerprint density at radius 2 is 2.16 bits per heavy atom. The largest absolute Gasteiger partial charge is 0.496 e. The average Bonchev–Trinajstić information content (AvgIpc) is 3.45. The molecular weight excluding hydrogens is 406 g/mol. The number of amides is 1. The zero-order valence-corrected chi connectivity index (χ0v) is 18.6. The first-order chi connectivity index (χ1) is 15.6. The van der Waals surface area contributed by atoms with E-state index in [1.807, 2.05) is 0 Å². The van der Waals surface area contributed by atoms with Crippen LogP contribution in [0.5, 0.6) is 5.75 Å². The number of nitrogens with zero attached hydrogens (tertiary/aromatic N) is 4. The van der Waals surface area contributed by atoms with E-state index in [0.29, 0.717) is 22.8 Å². The summed E-state index contributed by atoms with van der Waals surface area (Å²) in [4.78, 5) is 16.8. The van der Waals surface area contributed by atoms with Crippen molar-refractivity contribution in [2.45, 2.75) is 38.6 Å². The number of aromatic nitrogens is 5. The monoisotopic (exact) mass is 435 g/mol. The van der Waals surface area contributed by atoms with Gasteiger partial charge in [0.15, 0.2) is 11.5 Å². The number of ether oxygens (including phenoxy) is 1. The fourth-order valence-electron chi connectivity index (χ4n) is 4.11. The van der Waals surface area contributed by atoms with Crippen molar-refractivity contribution in [2.24, 2.45) is 5.92 Å². The molecule has 4 aromatic rings. The minimum Gasteiger partial charge on any atom is -0.496 e. The summed E-state index contributed by atoms with van der Waals surface area (Å²) in [5.41, 5.74) is 1.86. The Hall–Kier alpha value is -3.46. The van der Waals surface area contributed by atoms with E-state index in [4.69, 9.17) is 4.74 Å². The second-order valence-electron chi connectivity index (χ2n) is 8.16. The van der Waals surface area contributed by atoms with Crippen molar-refractivity contribution in [3.63, 3.8) is 0 Å². The van der Waals surface area contributed by atoms with Gasteiger partial charge in [-0.2, -0.15) is 14.7 Å². The van der Waals surface area contributed by atoms with Crippen molar-refractivity contribution in [3.05, 3.63) is 48.4 Å². The van der Waals surface area contributed by atoms with Gasteiger partial charge in [0, 0.05) is 23.7 Å². The number of aromatic amines is 1. The van der Waals surface area contributed by atoms with E-state index < -0.39 is 0 Å². The minimum atomic E-state index is -0.308. The Morgan fingerprint density at radius 3 is 2.91 bits per heavy atom. The summed E-state index contributed by atoms with van der Waals surface area (Å²) >= 11 is 0. The van der Waals surface area contributed by atoms with E-state index >= 15 is 0 Å². The predicted octanol–water partition coefficient (Wildman–Crippen LogP) is 3.65. The smallest absolute Gasteiger partial charge is 0.260 e. The van der Waals surface area contributed by atoms with E-state index in [1.165, 1.54) is 32.8 Å². The number of anilines is 1. The summed E-state index contributed by atoms with van der Waals surface area (Å²) in [6.07, 6.45) is 10.5. The first kappa shape index (κ1) is 21.8. The number of fused-ring (bicyclic) bond motifs is 2. The number of H-pyrrole nitrogens is 1. The summed E-state index contributed by atoms with van der Waals surface area (Å²) in [5.74, 6) is 1.59. The van der Waals surface area contributed by atoms with Crippen LogP contribution >= 0.6 is 0 Å². The number of nitrogens with one attached hydrogen (secondary N) is 3. The maximum atomic E-state index is 12.6. The summed E-state index contributed by atoms with van der Waals surface area (Å²) in [6.45, 7) is 2.35. The molecule has 0 aliphatic heterocycles. The molecule has 1 saturated carbocycles. The molecule has 9 nitrogen and oxygen atoms in total. The number of carbonyl (C=O) groups is 1. The molecule has 1 fully saturated rings. The first-order valence-electron chi connectivity index (χ1n) is 10.9. The number of carbonyl (C=O) groups excluding carboxylic acids is 1. The molecule has 2 unspecified atom stereocenters. The second-order valence-corrected chi connectivity index (χ2v) is 8.16. The van der Waals surface area contributed by atoms with Crippen molar-refractivity contribution in [2.75, 3.05) is 19.5 Å². The Balaban J connectivity index is 0.000000230. The molecule has 1 amide bonds. The molecular formula is C23H29N7O2. The highest BCUT2D eigenvalue weighted by Gasteiger charge is 2.17.